The summed E-state index contributed by atoms with van der Waals surface area (Å²) in [5, 5.41) is 8.90. The van der Waals surface area contributed by atoms with Gasteiger partial charge in [0.1, 0.15) is 0 Å². The third-order valence-electron chi connectivity index (χ3n) is 4.00. The number of hydrogen-bond donors (Lipinski definition) is 2. The maximum Gasteiger partial charge on any atom is 0.0434 e. The molecular formula is C16H25NO. The highest BCUT2D eigenvalue weighted by atomic mass is 16.2. The van der Waals surface area contributed by atoms with Gasteiger partial charge in [-0.3, -0.25) is 0 Å². The molecule has 2 aliphatic carbocycles. The van der Waals surface area contributed by atoms with Crippen molar-refractivity contribution >= 4 is 0 Å². The Morgan fingerprint density at radius 1 is 1.22 bits per heavy atom. The van der Waals surface area contributed by atoms with Crippen LogP contribution >= 0.6 is 0 Å². The Hall–Kier alpha value is -0.860. The molecule has 0 saturated heterocycles. The zero-order valence-electron chi connectivity index (χ0n) is 11.2. The minimum atomic E-state index is 0.293. The van der Waals surface area contributed by atoms with Crippen LogP contribution < -0.4 is 5.73 Å². The molecule has 2 heteroatoms. The van der Waals surface area contributed by atoms with Crippen molar-refractivity contribution in [3.63, 3.8) is 0 Å². The molecule has 0 saturated carbocycles. The van der Waals surface area contributed by atoms with Crippen LogP contribution in [0.4, 0.5) is 0 Å². The highest BCUT2D eigenvalue weighted by molar-refractivity contribution is 5.39. The summed E-state index contributed by atoms with van der Waals surface area (Å²) in [7, 11) is 0. The second-order valence-corrected chi connectivity index (χ2v) is 5.42. The minimum absolute atomic E-state index is 0.293. The number of rotatable bonds is 6. The molecule has 0 bridgehead atoms. The van der Waals surface area contributed by atoms with Gasteiger partial charge in [-0.2, -0.15) is 0 Å². The van der Waals surface area contributed by atoms with Gasteiger partial charge in [0.2, 0.25) is 0 Å². The van der Waals surface area contributed by atoms with Gasteiger partial charge in [0.05, 0.1) is 0 Å². The Labute approximate surface area is 110 Å². The maximum absolute atomic E-state index is 8.90. The second-order valence-electron chi connectivity index (χ2n) is 5.42. The van der Waals surface area contributed by atoms with Gasteiger partial charge in [-0.25, -0.2) is 0 Å². The molecule has 0 amide bonds. The molecule has 100 valence electrons. The lowest BCUT2D eigenvalue weighted by Crippen LogP contribution is -2.12. The van der Waals surface area contributed by atoms with Crippen LogP contribution in [0, 0.1) is 5.92 Å². The largest absolute Gasteiger partial charge is 0.396 e. The van der Waals surface area contributed by atoms with Gasteiger partial charge >= 0.3 is 0 Å². The van der Waals surface area contributed by atoms with Gasteiger partial charge in [-0.1, -0.05) is 29.4 Å². The highest BCUT2D eigenvalue weighted by Gasteiger charge is 2.20. The molecule has 0 aromatic heterocycles. The number of nitrogens with two attached hydrogens (primary N) is 1. The standard InChI is InChI=1S/C16H25NO/c17-9-1-3-13-5-7-15-8-6-14(4-2-10-18)12-16(15)11-13/h6,11-12,15,18H,1-5,7-10,17H2/t15-/m0/s1. The first-order valence-electron chi connectivity index (χ1n) is 7.24. The molecule has 2 rings (SSSR count). The van der Waals surface area contributed by atoms with Crippen molar-refractivity contribution in [3.05, 3.63) is 34.9 Å². The van der Waals surface area contributed by atoms with Crippen LogP contribution in [-0.4, -0.2) is 18.3 Å². The number of aliphatic hydroxyl groups excluding tert-OH is 1. The van der Waals surface area contributed by atoms with Crippen LogP contribution in [0.25, 0.3) is 0 Å². The molecule has 2 aliphatic rings. The molecule has 2 nitrogen and oxygen atoms in total. The topological polar surface area (TPSA) is 46.2 Å². The summed E-state index contributed by atoms with van der Waals surface area (Å²) in [5.74, 6) is 0.740. The lowest BCUT2D eigenvalue weighted by molar-refractivity contribution is 0.288. The summed E-state index contributed by atoms with van der Waals surface area (Å²) in [5.41, 5.74) is 10.1. The fourth-order valence-corrected chi connectivity index (χ4v) is 2.92. The molecule has 0 heterocycles. The van der Waals surface area contributed by atoms with E-state index >= 15 is 0 Å². The summed E-state index contributed by atoms with van der Waals surface area (Å²) in [6.45, 7) is 1.09. The van der Waals surface area contributed by atoms with E-state index in [9.17, 15) is 0 Å². The Bertz CT molecular complexity index is 365. The molecule has 0 aromatic carbocycles. The van der Waals surface area contributed by atoms with Crippen LogP contribution in [0.2, 0.25) is 0 Å². The summed E-state index contributed by atoms with van der Waals surface area (Å²) in [6, 6.07) is 0. The number of hydrogen-bond acceptors (Lipinski definition) is 2. The second kappa shape index (κ2) is 6.91. The van der Waals surface area contributed by atoms with E-state index in [-0.39, 0.29) is 0 Å². The molecule has 0 fully saturated rings. The van der Waals surface area contributed by atoms with E-state index in [1.807, 2.05) is 0 Å². The number of allylic oxidation sites excluding steroid dienone is 6. The molecule has 0 aliphatic heterocycles. The van der Waals surface area contributed by atoms with Crippen LogP contribution in [-0.2, 0) is 0 Å². The average Bonchev–Trinajstić information content (AvgIpc) is 2.42. The van der Waals surface area contributed by atoms with E-state index < -0.39 is 0 Å². The average molecular weight is 247 g/mol. The first-order chi connectivity index (χ1) is 8.83. The van der Waals surface area contributed by atoms with E-state index in [0.29, 0.717) is 6.61 Å². The van der Waals surface area contributed by atoms with Crippen molar-refractivity contribution in [2.24, 2.45) is 11.7 Å². The predicted molar refractivity (Wildman–Crippen MR) is 76.2 cm³/mol. The quantitative estimate of drug-likeness (QED) is 0.757. The summed E-state index contributed by atoms with van der Waals surface area (Å²) >= 11 is 0. The Kier molecular flexibility index (Phi) is 5.21. The molecule has 0 aromatic rings. The van der Waals surface area contributed by atoms with Crippen molar-refractivity contribution in [1.82, 2.24) is 0 Å². The first kappa shape index (κ1) is 13.6. The summed E-state index contributed by atoms with van der Waals surface area (Å²) in [6.07, 6.45) is 15.0. The molecule has 0 radical (unpaired) electrons. The van der Waals surface area contributed by atoms with Crippen molar-refractivity contribution in [3.8, 4) is 0 Å². The molecule has 3 N–H and O–H groups in total. The van der Waals surface area contributed by atoms with Crippen LogP contribution in [0.15, 0.2) is 34.9 Å². The van der Waals surface area contributed by atoms with Crippen molar-refractivity contribution in [2.75, 3.05) is 13.2 Å². The zero-order valence-corrected chi connectivity index (χ0v) is 11.2. The predicted octanol–water partition coefficient (Wildman–Crippen LogP) is 3.09. The minimum Gasteiger partial charge on any atom is -0.396 e. The van der Waals surface area contributed by atoms with E-state index in [0.717, 1.165) is 38.1 Å². The third kappa shape index (κ3) is 3.56. The maximum atomic E-state index is 8.90. The number of aliphatic hydroxyl groups is 1. The van der Waals surface area contributed by atoms with E-state index in [1.54, 1.807) is 5.57 Å². The lowest BCUT2D eigenvalue weighted by atomic mass is 9.78. The molecule has 0 unspecified atom stereocenters. The zero-order chi connectivity index (χ0) is 12.8. The van der Waals surface area contributed by atoms with Gasteiger partial charge in [-0.05, 0) is 63.0 Å². The Morgan fingerprint density at radius 3 is 2.89 bits per heavy atom. The van der Waals surface area contributed by atoms with E-state index in [2.05, 4.69) is 18.2 Å². The molecular weight excluding hydrogens is 222 g/mol. The van der Waals surface area contributed by atoms with Crippen LogP contribution in [0.5, 0.6) is 0 Å². The Balaban J connectivity index is 2.01. The van der Waals surface area contributed by atoms with Crippen LogP contribution in [0.1, 0.15) is 44.9 Å². The van der Waals surface area contributed by atoms with Gasteiger partial charge in [-0.15, -0.1) is 0 Å². The fourth-order valence-electron chi connectivity index (χ4n) is 2.92. The van der Waals surface area contributed by atoms with Gasteiger partial charge in [0, 0.05) is 6.61 Å². The van der Waals surface area contributed by atoms with Crippen molar-refractivity contribution in [1.29, 1.82) is 0 Å². The van der Waals surface area contributed by atoms with Gasteiger partial charge in [0.15, 0.2) is 0 Å². The summed E-state index contributed by atoms with van der Waals surface area (Å²) in [4.78, 5) is 0. The van der Waals surface area contributed by atoms with E-state index in [4.69, 9.17) is 10.8 Å². The fraction of sp³-hybridized carbons (Fsp3) is 0.625. The Morgan fingerprint density at radius 2 is 2.11 bits per heavy atom. The normalized spacial score (nSPS) is 23.0. The van der Waals surface area contributed by atoms with Crippen LogP contribution in [0.3, 0.4) is 0 Å². The monoisotopic (exact) mass is 247 g/mol. The lowest BCUT2D eigenvalue weighted by Gasteiger charge is -2.27. The van der Waals surface area contributed by atoms with Crippen molar-refractivity contribution in [2.45, 2.75) is 44.9 Å². The first-order valence-corrected chi connectivity index (χ1v) is 7.24. The molecule has 0 spiro atoms. The molecule has 1 atom stereocenters. The number of fused-ring (bicyclic) bond motifs is 1. The SMILES string of the molecule is NCCCC1=CC2=CC(CCCO)=CC[C@@H]2CC1. The highest BCUT2D eigenvalue weighted by Crippen LogP contribution is 2.36. The van der Waals surface area contributed by atoms with Crippen molar-refractivity contribution < 1.29 is 5.11 Å². The summed E-state index contributed by atoms with van der Waals surface area (Å²) < 4.78 is 0. The van der Waals surface area contributed by atoms with E-state index in [1.165, 1.54) is 30.4 Å². The van der Waals surface area contributed by atoms with Gasteiger partial charge in [0.25, 0.3) is 0 Å². The molecule has 18 heavy (non-hydrogen) atoms. The third-order valence-corrected chi connectivity index (χ3v) is 4.00. The van der Waals surface area contributed by atoms with Gasteiger partial charge < -0.3 is 10.8 Å². The smallest absolute Gasteiger partial charge is 0.0434 e.